The van der Waals surface area contributed by atoms with Crippen LogP contribution in [0.5, 0.6) is 0 Å². The largest absolute Gasteiger partial charge is 0.445 e. The highest BCUT2D eigenvalue weighted by molar-refractivity contribution is 6.99. The van der Waals surface area contributed by atoms with Crippen molar-refractivity contribution in [3.8, 4) is 0 Å². The summed E-state index contributed by atoms with van der Waals surface area (Å²) in [6.07, 6.45) is 8.53. The fourth-order valence-corrected chi connectivity index (χ4v) is 10.2. The predicted molar refractivity (Wildman–Crippen MR) is 163 cm³/mol. The lowest BCUT2D eigenvalue weighted by Gasteiger charge is -2.42. The molecule has 1 saturated heterocycles. The van der Waals surface area contributed by atoms with Crippen LogP contribution in [-0.4, -0.2) is 39.0 Å². The van der Waals surface area contributed by atoms with E-state index < -0.39 is 8.32 Å². The number of carbonyl (C=O) groups excluding carboxylic acids is 1. The van der Waals surface area contributed by atoms with Crippen LogP contribution >= 0.6 is 0 Å². The average Bonchev–Trinajstić information content (AvgIpc) is 2.97. The van der Waals surface area contributed by atoms with Crippen LogP contribution in [0.1, 0.15) is 52.0 Å². The van der Waals surface area contributed by atoms with Gasteiger partial charge in [0.2, 0.25) is 0 Å². The third-order valence-corrected chi connectivity index (χ3v) is 12.8. The van der Waals surface area contributed by atoms with Gasteiger partial charge in [-0.25, -0.2) is 4.79 Å². The van der Waals surface area contributed by atoms with Crippen molar-refractivity contribution in [1.82, 2.24) is 4.90 Å². The van der Waals surface area contributed by atoms with Gasteiger partial charge in [-0.3, -0.25) is 0 Å². The summed E-state index contributed by atoms with van der Waals surface area (Å²) in [7, 11) is -2.49. The lowest BCUT2D eigenvalue weighted by atomic mass is 9.92. The van der Waals surface area contributed by atoms with E-state index in [0.29, 0.717) is 19.1 Å². The number of allylic oxidation sites excluding steroid dienone is 1. The molecule has 3 aromatic rings. The molecule has 3 aromatic carbocycles. The van der Waals surface area contributed by atoms with E-state index >= 15 is 0 Å². The smallest absolute Gasteiger partial charge is 0.410 e. The van der Waals surface area contributed by atoms with Crippen molar-refractivity contribution < 1.29 is 14.0 Å². The molecule has 1 amide bonds. The first-order valence-electron chi connectivity index (χ1n) is 14.3. The minimum absolute atomic E-state index is 0.0141. The molecule has 0 saturated carbocycles. The Balaban J connectivity index is 1.26. The first-order valence-corrected chi connectivity index (χ1v) is 16.2. The van der Waals surface area contributed by atoms with Gasteiger partial charge in [-0.1, -0.05) is 124 Å². The molecule has 0 aromatic heterocycles. The van der Waals surface area contributed by atoms with E-state index in [0.717, 1.165) is 44.3 Å². The quantitative estimate of drug-likeness (QED) is 0.206. The molecule has 4 nitrogen and oxygen atoms in total. The molecular weight excluding hydrogens is 498 g/mol. The summed E-state index contributed by atoms with van der Waals surface area (Å²) in [5, 5.41) is 2.61. The fourth-order valence-electron chi connectivity index (χ4n) is 5.67. The summed E-state index contributed by atoms with van der Waals surface area (Å²) in [6, 6.07) is 31.4. The van der Waals surface area contributed by atoms with Gasteiger partial charge in [0.25, 0.3) is 8.32 Å². The zero-order valence-electron chi connectivity index (χ0n) is 23.7. The second-order valence-electron chi connectivity index (χ2n) is 11.5. The maximum atomic E-state index is 12.4. The Labute approximate surface area is 235 Å². The van der Waals surface area contributed by atoms with E-state index in [2.05, 4.69) is 93.6 Å². The van der Waals surface area contributed by atoms with Crippen molar-refractivity contribution in [3.63, 3.8) is 0 Å². The minimum atomic E-state index is -2.49. The number of likely N-dealkylation sites (tertiary alicyclic amines) is 1. The molecule has 0 spiro atoms. The van der Waals surface area contributed by atoms with Gasteiger partial charge in [-0.15, -0.1) is 0 Å². The Morgan fingerprint density at radius 2 is 1.38 bits per heavy atom. The molecule has 4 rings (SSSR count). The minimum Gasteiger partial charge on any atom is -0.445 e. The molecule has 0 unspecified atom stereocenters. The van der Waals surface area contributed by atoms with Crippen LogP contribution in [-0.2, 0) is 15.8 Å². The van der Waals surface area contributed by atoms with Crippen LogP contribution in [0.25, 0.3) is 0 Å². The number of hydrogen-bond acceptors (Lipinski definition) is 3. The van der Waals surface area contributed by atoms with Gasteiger partial charge in [-0.05, 0) is 52.6 Å². The van der Waals surface area contributed by atoms with Crippen LogP contribution in [0.3, 0.4) is 0 Å². The molecule has 0 radical (unpaired) electrons. The molecule has 0 aliphatic carbocycles. The average molecular weight is 542 g/mol. The monoisotopic (exact) mass is 541 g/mol. The molecule has 1 aliphatic rings. The van der Waals surface area contributed by atoms with Gasteiger partial charge in [-0.2, -0.15) is 0 Å². The maximum Gasteiger partial charge on any atom is 0.410 e. The number of amides is 1. The maximum absolute atomic E-state index is 12.4. The van der Waals surface area contributed by atoms with E-state index in [1.54, 1.807) is 0 Å². The Bertz CT molecular complexity index is 1130. The lowest BCUT2D eigenvalue weighted by molar-refractivity contribution is 0.0816. The highest BCUT2D eigenvalue weighted by Crippen LogP contribution is 2.36. The third-order valence-electron chi connectivity index (χ3n) is 7.80. The van der Waals surface area contributed by atoms with E-state index in [1.165, 1.54) is 10.4 Å². The summed E-state index contributed by atoms with van der Waals surface area (Å²) >= 11 is 0. The second-order valence-corrected chi connectivity index (χ2v) is 15.8. The lowest BCUT2D eigenvalue weighted by Crippen LogP contribution is -2.66. The third kappa shape index (κ3) is 7.49. The van der Waals surface area contributed by atoms with E-state index in [1.807, 2.05) is 35.2 Å². The standard InChI is InChI=1S/C34H43NO3Si/c1-34(2,3)39(31-19-11-5-12-20-31,32-21-13-6-14-22-32)38-27-15-7-10-16-29-23-25-35(26-24-29)33(36)37-28-30-17-8-4-9-18-30/h4-9,11-15,17-22,29H,10,16,23-28H2,1-3H3. The molecule has 1 fully saturated rings. The zero-order valence-corrected chi connectivity index (χ0v) is 24.7. The van der Waals surface area contributed by atoms with E-state index in [4.69, 9.17) is 9.16 Å². The molecule has 1 heterocycles. The molecule has 0 atom stereocenters. The normalized spacial score (nSPS) is 15.0. The number of hydrogen-bond donors (Lipinski definition) is 0. The summed E-state index contributed by atoms with van der Waals surface area (Å²) in [5.41, 5.74) is 1.02. The van der Waals surface area contributed by atoms with Crippen LogP contribution in [0.4, 0.5) is 4.79 Å². The second kappa shape index (κ2) is 13.8. The number of benzene rings is 3. The topological polar surface area (TPSA) is 38.8 Å². The van der Waals surface area contributed by atoms with Gasteiger partial charge in [0, 0.05) is 13.1 Å². The Kier molecular flexibility index (Phi) is 10.2. The Morgan fingerprint density at radius 3 is 1.92 bits per heavy atom. The number of nitrogens with zero attached hydrogens (tertiary/aromatic N) is 1. The first kappa shape index (κ1) is 28.8. The van der Waals surface area contributed by atoms with Gasteiger partial charge in [0.1, 0.15) is 6.61 Å². The van der Waals surface area contributed by atoms with E-state index in [-0.39, 0.29) is 11.1 Å². The SMILES string of the molecule is CC(C)(C)[Si](OCC=CCCC1CCN(C(=O)OCc2ccccc2)CC1)(c1ccccc1)c1ccccc1. The van der Waals surface area contributed by atoms with Gasteiger partial charge >= 0.3 is 6.09 Å². The highest BCUT2D eigenvalue weighted by Gasteiger charge is 2.49. The highest BCUT2D eigenvalue weighted by atomic mass is 28.4. The summed E-state index contributed by atoms with van der Waals surface area (Å²) in [5.74, 6) is 0.644. The Hall–Kier alpha value is -3.15. The van der Waals surface area contributed by atoms with Crippen molar-refractivity contribution in [1.29, 1.82) is 0 Å². The van der Waals surface area contributed by atoms with Crippen LogP contribution in [0.15, 0.2) is 103 Å². The molecule has 206 valence electrons. The Morgan fingerprint density at radius 1 is 0.846 bits per heavy atom. The van der Waals surface area contributed by atoms with Crippen LogP contribution in [0.2, 0.25) is 5.04 Å². The number of ether oxygens (including phenoxy) is 1. The van der Waals surface area contributed by atoms with Crippen molar-refractivity contribution >= 4 is 24.8 Å². The number of piperidine rings is 1. The molecule has 0 N–H and O–H groups in total. The van der Waals surface area contributed by atoms with Crippen molar-refractivity contribution in [3.05, 3.63) is 109 Å². The molecular formula is C34H43NO3Si. The van der Waals surface area contributed by atoms with Gasteiger partial charge in [0.15, 0.2) is 0 Å². The van der Waals surface area contributed by atoms with Crippen LogP contribution in [0, 0.1) is 5.92 Å². The predicted octanol–water partition coefficient (Wildman–Crippen LogP) is 6.95. The fraction of sp³-hybridized carbons (Fsp3) is 0.382. The van der Waals surface area contributed by atoms with Crippen molar-refractivity contribution in [2.24, 2.45) is 5.92 Å². The first-order chi connectivity index (χ1) is 18.9. The van der Waals surface area contributed by atoms with Crippen LogP contribution < -0.4 is 10.4 Å². The molecule has 0 bridgehead atoms. The summed E-state index contributed by atoms with van der Waals surface area (Å²) in [4.78, 5) is 14.3. The number of rotatable bonds is 10. The van der Waals surface area contributed by atoms with Gasteiger partial charge in [0.05, 0.1) is 6.61 Å². The molecule has 1 aliphatic heterocycles. The molecule has 5 heteroatoms. The number of carbonyl (C=O) groups is 1. The van der Waals surface area contributed by atoms with Crippen molar-refractivity contribution in [2.75, 3.05) is 19.7 Å². The molecule has 39 heavy (non-hydrogen) atoms. The summed E-state index contributed by atoms with van der Waals surface area (Å²) < 4.78 is 12.5. The van der Waals surface area contributed by atoms with Crippen molar-refractivity contribution in [2.45, 2.75) is 58.1 Å². The summed E-state index contributed by atoms with van der Waals surface area (Å²) in [6.45, 7) is 9.43. The van der Waals surface area contributed by atoms with E-state index in [9.17, 15) is 4.79 Å². The van der Waals surface area contributed by atoms with Gasteiger partial charge < -0.3 is 14.1 Å². The zero-order chi connectivity index (χ0) is 27.6.